The van der Waals surface area contributed by atoms with Gasteiger partial charge in [-0.2, -0.15) is 0 Å². The van der Waals surface area contributed by atoms with Crippen molar-refractivity contribution >= 4 is 5.97 Å². The third-order valence-corrected chi connectivity index (χ3v) is 2.46. The van der Waals surface area contributed by atoms with Gasteiger partial charge in [0.1, 0.15) is 0 Å². The maximum absolute atomic E-state index is 10.4. The number of carboxylic acid groups (broad SMARTS) is 1. The van der Waals surface area contributed by atoms with Gasteiger partial charge in [-0.15, -0.1) is 0 Å². The average Bonchev–Trinajstić information content (AvgIpc) is 2.15. The topological polar surface area (TPSA) is 60.8 Å². The number of aliphatic hydroxyl groups excluding tert-OH is 1. The number of hydrogen-bond donors (Lipinski definition) is 2. The van der Waals surface area contributed by atoms with Gasteiger partial charge in [-0.25, -0.2) is 0 Å². The second kappa shape index (κ2) is 7.76. The molecule has 0 aliphatic carbocycles. The number of carbonyl (C=O) groups is 1. The smallest absolute Gasteiger partial charge is 0.304 e. The van der Waals surface area contributed by atoms with E-state index in [-0.39, 0.29) is 13.0 Å². The quantitative estimate of drug-likeness (QED) is 0.616. The second-order valence-electron chi connectivity index (χ2n) is 3.37. The first-order chi connectivity index (χ1) is 6.65. The van der Waals surface area contributed by atoms with Crippen molar-refractivity contribution in [2.24, 2.45) is 0 Å². The molecule has 0 unspecified atom stereocenters. The van der Waals surface area contributed by atoms with E-state index in [1.165, 1.54) is 0 Å². The molecule has 0 saturated heterocycles. The van der Waals surface area contributed by atoms with Gasteiger partial charge in [0, 0.05) is 19.1 Å². The van der Waals surface area contributed by atoms with E-state index in [9.17, 15) is 4.79 Å². The maximum atomic E-state index is 10.4. The fraction of sp³-hybridized carbons (Fsp3) is 0.900. The molecule has 0 rings (SSSR count). The molecule has 2 N–H and O–H groups in total. The highest BCUT2D eigenvalue weighted by atomic mass is 16.4. The van der Waals surface area contributed by atoms with Crippen LogP contribution in [0.1, 0.15) is 33.1 Å². The Bertz CT molecular complexity index is 157. The highest BCUT2D eigenvalue weighted by molar-refractivity contribution is 5.66. The Kier molecular flexibility index (Phi) is 7.42. The summed E-state index contributed by atoms with van der Waals surface area (Å²) in [5.41, 5.74) is 0. The molecular formula is C10H21NO3. The Labute approximate surface area is 85.5 Å². The summed E-state index contributed by atoms with van der Waals surface area (Å²) in [4.78, 5) is 12.5. The molecule has 0 aromatic carbocycles. The van der Waals surface area contributed by atoms with E-state index >= 15 is 0 Å². The monoisotopic (exact) mass is 203 g/mol. The third kappa shape index (κ3) is 5.19. The van der Waals surface area contributed by atoms with E-state index in [4.69, 9.17) is 10.2 Å². The van der Waals surface area contributed by atoms with Crippen LogP contribution in [0.4, 0.5) is 0 Å². The summed E-state index contributed by atoms with van der Waals surface area (Å²) in [5.74, 6) is -0.779. The van der Waals surface area contributed by atoms with Gasteiger partial charge < -0.3 is 10.2 Å². The Morgan fingerprint density at radius 1 is 1.29 bits per heavy atom. The highest BCUT2D eigenvalue weighted by Gasteiger charge is 2.14. The van der Waals surface area contributed by atoms with E-state index in [2.05, 4.69) is 13.8 Å². The van der Waals surface area contributed by atoms with Crippen LogP contribution in [0.15, 0.2) is 0 Å². The van der Waals surface area contributed by atoms with E-state index in [1.807, 2.05) is 4.90 Å². The molecule has 14 heavy (non-hydrogen) atoms. The molecule has 0 fully saturated rings. The van der Waals surface area contributed by atoms with E-state index in [0.717, 1.165) is 12.8 Å². The Hall–Kier alpha value is -0.610. The van der Waals surface area contributed by atoms with Gasteiger partial charge in [0.05, 0.1) is 13.0 Å². The number of aliphatic hydroxyl groups is 1. The summed E-state index contributed by atoms with van der Waals surface area (Å²) < 4.78 is 0. The van der Waals surface area contributed by atoms with Crippen LogP contribution in [-0.4, -0.2) is 46.8 Å². The zero-order valence-electron chi connectivity index (χ0n) is 9.07. The van der Waals surface area contributed by atoms with Crippen molar-refractivity contribution in [2.75, 3.05) is 19.7 Å². The second-order valence-corrected chi connectivity index (χ2v) is 3.37. The molecule has 0 saturated carbocycles. The lowest BCUT2D eigenvalue weighted by Crippen LogP contribution is -2.38. The van der Waals surface area contributed by atoms with Crippen molar-refractivity contribution in [3.8, 4) is 0 Å². The van der Waals surface area contributed by atoms with Gasteiger partial charge >= 0.3 is 5.97 Å². The van der Waals surface area contributed by atoms with Crippen molar-refractivity contribution in [2.45, 2.75) is 39.2 Å². The number of carboxylic acids is 1. The minimum Gasteiger partial charge on any atom is -0.481 e. The molecule has 84 valence electrons. The SMILES string of the molecule is CCC(CC)N(CCO)CCC(=O)O. The number of hydrogen-bond acceptors (Lipinski definition) is 3. The molecule has 0 spiro atoms. The largest absolute Gasteiger partial charge is 0.481 e. The van der Waals surface area contributed by atoms with Crippen LogP contribution < -0.4 is 0 Å². The summed E-state index contributed by atoms with van der Waals surface area (Å²) in [6.45, 7) is 5.36. The third-order valence-electron chi connectivity index (χ3n) is 2.46. The van der Waals surface area contributed by atoms with Gasteiger partial charge in [-0.3, -0.25) is 9.69 Å². The molecule has 0 heterocycles. The fourth-order valence-electron chi connectivity index (χ4n) is 1.65. The van der Waals surface area contributed by atoms with Gasteiger partial charge in [0.15, 0.2) is 0 Å². The van der Waals surface area contributed by atoms with Crippen LogP contribution in [0.3, 0.4) is 0 Å². The predicted molar refractivity (Wildman–Crippen MR) is 55.3 cm³/mol. The van der Waals surface area contributed by atoms with Crippen molar-refractivity contribution in [1.82, 2.24) is 4.90 Å². The Balaban J connectivity index is 4.04. The average molecular weight is 203 g/mol. The molecule has 0 aromatic rings. The van der Waals surface area contributed by atoms with Gasteiger partial charge in [0.25, 0.3) is 0 Å². The van der Waals surface area contributed by atoms with Crippen molar-refractivity contribution in [3.05, 3.63) is 0 Å². The number of aliphatic carboxylic acids is 1. The molecule has 0 radical (unpaired) electrons. The standard InChI is InChI=1S/C10H21NO3/c1-3-9(4-2)11(7-8-12)6-5-10(13)14/h9,12H,3-8H2,1-2H3,(H,13,14). The molecule has 0 aromatic heterocycles. The maximum Gasteiger partial charge on any atom is 0.304 e. The first kappa shape index (κ1) is 13.4. The normalized spacial score (nSPS) is 11.2. The Morgan fingerprint density at radius 3 is 2.21 bits per heavy atom. The molecular weight excluding hydrogens is 182 g/mol. The zero-order chi connectivity index (χ0) is 11.0. The summed E-state index contributed by atoms with van der Waals surface area (Å²) in [7, 11) is 0. The van der Waals surface area contributed by atoms with E-state index < -0.39 is 5.97 Å². The van der Waals surface area contributed by atoms with E-state index in [1.54, 1.807) is 0 Å². The molecule has 4 heteroatoms. The lowest BCUT2D eigenvalue weighted by atomic mass is 10.1. The van der Waals surface area contributed by atoms with Gasteiger partial charge in [-0.05, 0) is 12.8 Å². The summed E-state index contributed by atoms with van der Waals surface area (Å²) in [5, 5.41) is 17.4. The van der Waals surface area contributed by atoms with Gasteiger partial charge in [0.2, 0.25) is 0 Å². The molecule has 0 aliphatic rings. The van der Waals surface area contributed by atoms with Crippen LogP contribution in [0, 0.1) is 0 Å². The predicted octanol–water partition coefficient (Wildman–Crippen LogP) is 0.944. The van der Waals surface area contributed by atoms with Crippen LogP contribution >= 0.6 is 0 Å². The highest BCUT2D eigenvalue weighted by Crippen LogP contribution is 2.08. The van der Waals surface area contributed by atoms with Gasteiger partial charge in [-0.1, -0.05) is 13.8 Å². The number of nitrogens with zero attached hydrogens (tertiary/aromatic N) is 1. The van der Waals surface area contributed by atoms with Crippen LogP contribution in [-0.2, 0) is 4.79 Å². The molecule has 0 atom stereocenters. The summed E-state index contributed by atoms with van der Waals surface area (Å²) in [6, 6.07) is 0.390. The minimum atomic E-state index is -0.779. The lowest BCUT2D eigenvalue weighted by molar-refractivity contribution is -0.137. The van der Waals surface area contributed by atoms with E-state index in [0.29, 0.717) is 19.1 Å². The lowest BCUT2D eigenvalue weighted by Gasteiger charge is -2.29. The molecule has 0 aliphatic heterocycles. The first-order valence-corrected chi connectivity index (χ1v) is 5.22. The number of rotatable bonds is 8. The van der Waals surface area contributed by atoms with Crippen LogP contribution in [0.2, 0.25) is 0 Å². The molecule has 4 nitrogen and oxygen atoms in total. The minimum absolute atomic E-state index is 0.0934. The van der Waals surface area contributed by atoms with Crippen LogP contribution in [0.5, 0.6) is 0 Å². The Morgan fingerprint density at radius 2 is 1.86 bits per heavy atom. The zero-order valence-corrected chi connectivity index (χ0v) is 9.07. The summed E-state index contributed by atoms with van der Waals surface area (Å²) >= 11 is 0. The van der Waals surface area contributed by atoms with Crippen molar-refractivity contribution in [1.29, 1.82) is 0 Å². The van der Waals surface area contributed by atoms with Crippen molar-refractivity contribution < 1.29 is 15.0 Å². The summed E-state index contributed by atoms with van der Waals surface area (Å²) in [6.07, 6.45) is 2.14. The van der Waals surface area contributed by atoms with Crippen molar-refractivity contribution in [3.63, 3.8) is 0 Å². The molecule has 0 amide bonds. The fourth-order valence-corrected chi connectivity index (χ4v) is 1.65. The molecule has 0 bridgehead atoms. The first-order valence-electron chi connectivity index (χ1n) is 5.22. The van der Waals surface area contributed by atoms with Crippen LogP contribution in [0.25, 0.3) is 0 Å².